The van der Waals surface area contributed by atoms with Gasteiger partial charge in [-0.15, -0.1) is 10.2 Å². The Morgan fingerprint density at radius 2 is 1.04 bits per heavy atom. The van der Waals surface area contributed by atoms with E-state index in [1.807, 2.05) is 91.0 Å². The van der Waals surface area contributed by atoms with Gasteiger partial charge in [-0.2, -0.15) is 0 Å². The predicted molar refractivity (Wildman–Crippen MR) is 302 cm³/mol. The van der Waals surface area contributed by atoms with Gasteiger partial charge in [0.1, 0.15) is 22.1 Å². The summed E-state index contributed by atoms with van der Waals surface area (Å²) in [6.45, 7) is 2.29. The van der Waals surface area contributed by atoms with E-state index in [9.17, 15) is 44.2 Å². The van der Waals surface area contributed by atoms with Crippen molar-refractivity contribution in [1.82, 2.24) is 35.6 Å². The molecule has 0 aliphatic carbocycles. The minimum atomic E-state index is -1.61. The molecule has 0 saturated heterocycles. The number of aliphatic hydroxyl groups is 2. The van der Waals surface area contributed by atoms with Gasteiger partial charge >= 0.3 is 29.6 Å². The van der Waals surface area contributed by atoms with Crippen LogP contribution in [0.3, 0.4) is 0 Å². The van der Waals surface area contributed by atoms with Crippen molar-refractivity contribution in [3.05, 3.63) is 210 Å². The van der Waals surface area contributed by atoms with Crippen LogP contribution >= 0.6 is 23.2 Å². The number of hydrogen-bond acceptors (Lipinski definition) is 21. The number of nitrogens with zero attached hydrogens (tertiary/aromatic N) is 6. The molecule has 0 radical (unpaired) electrons. The number of nitrogens with one attached hydrogen (secondary N) is 1. The van der Waals surface area contributed by atoms with Crippen LogP contribution in [-0.2, 0) is 45.1 Å². The van der Waals surface area contributed by atoms with Crippen molar-refractivity contribution in [3.63, 3.8) is 0 Å². The standard InChI is InChI=1S/C29H25ClN4O8.C22H22ClNO6.C7H5N3O3/c1-16-26(42-29(38)41-16)15-40-28(37)25(35)14-22(31-27(36)20-9-10-23-24(13-20)34(39)33-32-23)11-17-5-7-18(8-6-17)19-3-2-4-21(30)12-19;1-13-20(30-22(27)29-13)12-28-21(26)19(25)11-18(24)9-14-5-7-15(8-6-14)16-3-2-4-17(23)10-16;11-7(12)4-1-2-5-6(3-4)10(13)9-8-5/h2-10,12-13,22,25,35,39H,11,14-15H2,1H3,(H,31,36);2-8,10,18-19,25H,9,11-12,24H2,1H3;1-3,13H,(H,11,12)/t22-,25-;18-,19-;/m11./s1. The molecule has 4 aromatic heterocycles. The molecule has 6 aromatic carbocycles. The average Bonchev–Trinajstić information content (AvgIpc) is 4.46. The second kappa shape index (κ2) is 27.9. The number of hydrogen-bond donors (Lipinski definition) is 7. The zero-order valence-corrected chi connectivity index (χ0v) is 46.4. The highest BCUT2D eigenvalue weighted by Gasteiger charge is 2.26. The van der Waals surface area contributed by atoms with E-state index >= 15 is 0 Å². The summed E-state index contributed by atoms with van der Waals surface area (Å²) in [5, 5.41) is 66.6. The number of esters is 2. The summed E-state index contributed by atoms with van der Waals surface area (Å²) in [7, 11) is 0. The molecule has 0 aliphatic rings. The second-order valence-corrected chi connectivity index (χ2v) is 19.9. The van der Waals surface area contributed by atoms with Gasteiger partial charge in [0.15, 0.2) is 48.5 Å². The Bertz CT molecular complexity index is 4100. The average molecular weight is 1200 g/mol. The highest BCUT2D eigenvalue weighted by atomic mass is 35.5. The number of amides is 1. The first-order valence-corrected chi connectivity index (χ1v) is 26.4. The number of nitrogens with two attached hydrogens (primary N) is 1. The molecule has 27 heteroatoms. The lowest BCUT2D eigenvalue weighted by Gasteiger charge is -2.21. The third kappa shape index (κ3) is 16.6. The Balaban J connectivity index is 0.000000189. The molecule has 10 aromatic rings. The molecule has 0 spiro atoms. The van der Waals surface area contributed by atoms with E-state index in [1.54, 1.807) is 6.07 Å². The number of carboxylic acids is 1. The van der Waals surface area contributed by atoms with E-state index in [-0.39, 0.29) is 71.1 Å². The number of aromatic carboxylic acids is 1. The van der Waals surface area contributed by atoms with Gasteiger partial charge in [0.25, 0.3) is 5.91 Å². The van der Waals surface area contributed by atoms with E-state index in [1.165, 1.54) is 50.2 Å². The van der Waals surface area contributed by atoms with Gasteiger partial charge in [-0.3, -0.25) is 4.79 Å². The zero-order valence-electron chi connectivity index (χ0n) is 44.9. The van der Waals surface area contributed by atoms with E-state index in [0.717, 1.165) is 33.4 Å². The lowest BCUT2D eigenvalue weighted by Crippen LogP contribution is -2.41. The van der Waals surface area contributed by atoms with E-state index in [0.29, 0.717) is 37.2 Å². The van der Waals surface area contributed by atoms with Crippen molar-refractivity contribution in [2.24, 2.45) is 5.73 Å². The maximum atomic E-state index is 13.2. The smallest absolute Gasteiger partial charge is 0.478 e. The third-order valence-corrected chi connectivity index (χ3v) is 13.3. The van der Waals surface area contributed by atoms with Crippen LogP contribution in [0.15, 0.2) is 161 Å². The minimum absolute atomic E-state index is 0.0261. The molecule has 25 nitrogen and oxygen atoms in total. The van der Waals surface area contributed by atoms with Crippen molar-refractivity contribution in [3.8, 4) is 22.3 Å². The molecule has 85 heavy (non-hydrogen) atoms. The minimum Gasteiger partial charge on any atom is -0.478 e. The first-order chi connectivity index (χ1) is 40.7. The molecule has 1 amide bonds. The summed E-state index contributed by atoms with van der Waals surface area (Å²) < 4.78 is 29.0. The molecule has 0 saturated carbocycles. The number of carboxylic acid groups (broad SMARTS) is 1. The Hall–Kier alpha value is -9.92. The fourth-order valence-electron chi connectivity index (χ4n) is 8.45. The molecular formula is C58H52Cl2N8O17. The van der Waals surface area contributed by atoms with Crippen molar-refractivity contribution < 1.29 is 72.1 Å². The SMILES string of the molecule is Cc1oc(=O)oc1COC(=O)[C@H](O)C[C@@H](Cc1ccc(-c2cccc(Cl)c2)cc1)NC(=O)c1ccc2nnn(O)c2c1.Cc1oc(=O)oc1COC(=O)[C@H](O)C[C@H](N)Cc1ccc(-c2cccc(Cl)c2)cc1.O=C(O)c1ccc2nnn(O)c2c1. The van der Waals surface area contributed by atoms with Gasteiger partial charge in [-0.1, -0.05) is 106 Å². The van der Waals surface area contributed by atoms with Crippen molar-refractivity contribution in [2.45, 2.75) is 77.0 Å². The molecule has 0 bridgehead atoms. The molecular weight excluding hydrogens is 1150 g/mol. The number of benzene rings is 6. The number of aryl methyl sites for hydroxylation is 2. The zero-order chi connectivity index (χ0) is 60.9. The number of fused-ring (bicyclic) bond motifs is 2. The monoisotopic (exact) mass is 1200 g/mol. The summed E-state index contributed by atoms with van der Waals surface area (Å²) >= 11 is 12.2. The van der Waals surface area contributed by atoms with Gasteiger partial charge in [-0.05, 0) is 138 Å². The lowest BCUT2D eigenvalue weighted by molar-refractivity contribution is -0.156. The number of carbonyl (C=O) groups is 4. The highest BCUT2D eigenvalue weighted by Crippen LogP contribution is 2.26. The van der Waals surface area contributed by atoms with Gasteiger partial charge in [0.2, 0.25) is 0 Å². The first kappa shape index (κ1) is 61.2. The molecule has 10 rings (SSSR count). The first-order valence-electron chi connectivity index (χ1n) is 25.6. The van der Waals surface area contributed by atoms with Crippen LogP contribution in [0, 0.1) is 13.8 Å². The molecule has 0 fully saturated rings. The Kier molecular flexibility index (Phi) is 20.1. The van der Waals surface area contributed by atoms with Crippen LogP contribution in [0.1, 0.15) is 67.7 Å². The van der Waals surface area contributed by atoms with Crippen molar-refractivity contribution >= 4 is 69.1 Å². The molecule has 4 atom stereocenters. The van der Waals surface area contributed by atoms with Crippen molar-refractivity contribution in [2.75, 3.05) is 0 Å². The molecule has 4 heterocycles. The number of aliphatic hydroxyl groups excluding tert-OH is 2. The van der Waals surface area contributed by atoms with Crippen LogP contribution in [0.2, 0.25) is 10.0 Å². The topological polar surface area (TPSA) is 374 Å². The van der Waals surface area contributed by atoms with E-state index < -0.39 is 66.4 Å². The quantitative estimate of drug-likeness (QED) is 0.0309. The molecule has 8 N–H and O–H groups in total. The Morgan fingerprint density at radius 1 is 0.588 bits per heavy atom. The van der Waals surface area contributed by atoms with E-state index in [4.69, 9.17) is 62.0 Å². The summed E-state index contributed by atoms with van der Waals surface area (Å²) in [5.41, 5.74) is 13.5. The van der Waals surface area contributed by atoms with Crippen LogP contribution in [0.25, 0.3) is 44.3 Å². The maximum Gasteiger partial charge on any atom is 0.519 e. The number of carbonyl (C=O) groups excluding carboxylic acids is 3. The normalized spacial score (nSPS) is 12.5. The summed E-state index contributed by atoms with van der Waals surface area (Å²) in [6.07, 6.45) is -2.39. The Morgan fingerprint density at radius 3 is 1.48 bits per heavy atom. The largest absolute Gasteiger partial charge is 0.519 e. The van der Waals surface area contributed by atoms with Gasteiger partial charge in [-0.25, -0.2) is 24.0 Å². The summed E-state index contributed by atoms with van der Waals surface area (Å²) in [4.78, 5) is 71.6. The Labute approximate surface area is 489 Å². The van der Waals surface area contributed by atoms with Crippen LogP contribution in [0.4, 0.5) is 0 Å². The fourth-order valence-corrected chi connectivity index (χ4v) is 8.83. The number of rotatable bonds is 19. The predicted octanol–water partition coefficient (Wildman–Crippen LogP) is 7.27. The third-order valence-electron chi connectivity index (χ3n) is 12.8. The van der Waals surface area contributed by atoms with Gasteiger partial charge in [0, 0.05) is 34.1 Å². The fraction of sp³-hybridized carbons (Fsp3) is 0.207. The highest BCUT2D eigenvalue weighted by molar-refractivity contribution is 6.31. The number of ether oxygens (including phenoxy) is 2. The van der Waals surface area contributed by atoms with Gasteiger partial charge < -0.3 is 63.9 Å². The lowest BCUT2D eigenvalue weighted by atomic mass is 9.97. The van der Waals surface area contributed by atoms with Crippen LogP contribution in [0.5, 0.6) is 0 Å². The molecule has 440 valence electrons. The van der Waals surface area contributed by atoms with Crippen LogP contribution in [-0.4, -0.2) is 104 Å². The van der Waals surface area contributed by atoms with Gasteiger partial charge in [0.05, 0.1) is 5.56 Å². The van der Waals surface area contributed by atoms with Crippen molar-refractivity contribution in [1.29, 1.82) is 0 Å². The number of aromatic nitrogens is 6. The summed E-state index contributed by atoms with van der Waals surface area (Å²) in [5.74, 6) is -4.66. The van der Waals surface area contributed by atoms with E-state index in [2.05, 4.69) is 30.4 Å². The number of halogens is 2. The summed E-state index contributed by atoms with van der Waals surface area (Å²) in [6, 6.07) is 38.0. The molecule has 0 unspecified atom stereocenters. The maximum absolute atomic E-state index is 13.2. The second-order valence-electron chi connectivity index (χ2n) is 19.0. The molecule has 0 aliphatic heterocycles. The van der Waals surface area contributed by atoms with Crippen LogP contribution < -0.4 is 22.7 Å².